The standard InChI is InChI=1S/C16H21F2NO3/c1-11-14(16(20)21)3-2-8-19(11)9-12-4-6-13(7-5-12)22-10-15(17)18/h4-7,11,14-15H,2-3,8-10H2,1H3,(H,20,21)/t11-,14-/m1/s1. The average Bonchev–Trinajstić information content (AvgIpc) is 2.48. The number of halogens is 2. The van der Waals surface area contributed by atoms with Crippen molar-refractivity contribution in [2.75, 3.05) is 13.2 Å². The van der Waals surface area contributed by atoms with Crippen LogP contribution in [0.15, 0.2) is 24.3 Å². The van der Waals surface area contributed by atoms with Crippen molar-refractivity contribution in [3.8, 4) is 5.75 Å². The zero-order valence-corrected chi connectivity index (χ0v) is 12.5. The maximum Gasteiger partial charge on any atom is 0.308 e. The summed E-state index contributed by atoms with van der Waals surface area (Å²) in [5.41, 5.74) is 1.02. The van der Waals surface area contributed by atoms with Crippen molar-refractivity contribution >= 4 is 5.97 Å². The molecule has 0 saturated carbocycles. The van der Waals surface area contributed by atoms with Gasteiger partial charge in [0.1, 0.15) is 12.4 Å². The molecule has 0 aliphatic carbocycles. The van der Waals surface area contributed by atoms with E-state index in [1.54, 1.807) is 12.1 Å². The zero-order chi connectivity index (χ0) is 16.1. The van der Waals surface area contributed by atoms with E-state index in [4.69, 9.17) is 4.74 Å². The molecule has 22 heavy (non-hydrogen) atoms. The van der Waals surface area contributed by atoms with Gasteiger partial charge in [-0.05, 0) is 44.0 Å². The quantitative estimate of drug-likeness (QED) is 0.877. The van der Waals surface area contributed by atoms with Crippen molar-refractivity contribution < 1.29 is 23.4 Å². The molecule has 4 nitrogen and oxygen atoms in total. The molecule has 1 aromatic carbocycles. The smallest absolute Gasteiger partial charge is 0.308 e. The molecule has 1 aliphatic rings. The summed E-state index contributed by atoms with van der Waals surface area (Å²) in [5, 5.41) is 9.23. The first-order valence-corrected chi connectivity index (χ1v) is 7.44. The maximum absolute atomic E-state index is 12.1. The first kappa shape index (κ1) is 16.7. The van der Waals surface area contributed by atoms with Crippen LogP contribution in [0, 0.1) is 5.92 Å². The molecule has 0 unspecified atom stereocenters. The lowest BCUT2D eigenvalue weighted by Crippen LogP contribution is -2.45. The van der Waals surface area contributed by atoms with E-state index in [9.17, 15) is 18.7 Å². The molecule has 2 rings (SSSR count). The van der Waals surface area contributed by atoms with Gasteiger partial charge in [-0.1, -0.05) is 12.1 Å². The molecule has 0 bridgehead atoms. The van der Waals surface area contributed by atoms with Crippen LogP contribution in [0.5, 0.6) is 5.75 Å². The first-order chi connectivity index (χ1) is 10.5. The van der Waals surface area contributed by atoms with Crippen molar-refractivity contribution in [3.63, 3.8) is 0 Å². The molecular formula is C16H21F2NO3. The number of piperidine rings is 1. The monoisotopic (exact) mass is 313 g/mol. The van der Waals surface area contributed by atoms with E-state index in [0.29, 0.717) is 18.7 Å². The fourth-order valence-electron chi connectivity index (χ4n) is 2.85. The number of alkyl halides is 2. The zero-order valence-electron chi connectivity index (χ0n) is 12.5. The topological polar surface area (TPSA) is 49.8 Å². The molecule has 1 fully saturated rings. The largest absolute Gasteiger partial charge is 0.488 e. The number of ether oxygens (including phenoxy) is 1. The summed E-state index contributed by atoms with van der Waals surface area (Å²) in [6.07, 6.45) is -0.897. The molecule has 6 heteroatoms. The summed E-state index contributed by atoms with van der Waals surface area (Å²) in [6.45, 7) is 2.86. The van der Waals surface area contributed by atoms with Gasteiger partial charge in [0.2, 0.25) is 0 Å². The van der Waals surface area contributed by atoms with Crippen LogP contribution in [0.2, 0.25) is 0 Å². The van der Waals surface area contributed by atoms with E-state index in [1.807, 2.05) is 19.1 Å². The molecule has 0 radical (unpaired) electrons. The molecule has 1 heterocycles. The van der Waals surface area contributed by atoms with Crippen LogP contribution in [0.3, 0.4) is 0 Å². The van der Waals surface area contributed by atoms with Crippen molar-refractivity contribution in [1.82, 2.24) is 4.90 Å². The van der Waals surface area contributed by atoms with Crippen LogP contribution >= 0.6 is 0 Å². The Labute approximate surface area is 128 Å². The number of rotatable bonds is 6. The summed E-state index contributed by atoms with van der Waals surface area (Å²) in [4.78, 5) is 13.4. The average molecular weight is 313 g/mol. The van der Waals surface area contributed by atoms with E-state index in [0.717, 1.165) is 18.5 Å². The van der Waals surface area contributed by atoms with Gasteiger partial charge >= 0.3 is 5.97 Å². The molecule has 0 aromatic heterocycles. The number of aliphatic carboxylic acids is 1. The highest BCUT2D eigenvalue weighted by molar-refractivity contribution is 5.70. The van der Waals surface area contributed by atoms with Gasteiger partial charge in [0, 0.05) is 12.6 Å². The minimum atomic E-state index is -2.48. The van der Waals surface area contributed by atoms with Crippen LogP contribution in [0.4, 0.5) is 8.78 Å². The number of benzene rings is 1. The van der Waals surface area contributed by atoms with Crippen LogP contribution in [-0.4, -0.2) is 41.6 Å². The van der Waals surface area contributed by atoms with Crippen molar-refractivity contribution in [2.45, 2.75) is 38.8 Å². The number of carbonyl (C=O) groups is 1. The van der Waals surface area contributed by atoms with Gasteiger partial charge < -0.3 is 9.84 Å². The molecule has 122 valence electrons. The highest BCUT2D eigenvalue weighted by Gasteiger charge is 2.32. The Morgan fingerprint density at radius 2 is 2.09 bits per heavy atom. The second-order valence-electron chi connectivity index (χ2n) is 5.64. The van der Waals surface area contributed by atoms with Crippen molar-refractivity contribution in [1.29, 1.82) is 0 Å². The lowest BCUT2D eigenvalue weighted by Gasteiger charge is -2.37. The number of carboxylic acid groups (broad SMARTS) is 1. The van der Waals surface area contributed by atoms with E-state index >= 15 is 0 Å². The second kappa shape index (κ2) is 7.54. The predicted molar refractivity (Wildman–Crippen MR) is 78.2 cm³/mol. The minimum Gasteiger partial charge on any atom is -0.488 e. The molecule has 0 spiro atoms. The third-order valence-electron chi connectivity index (χ3n) is 4.12. The highest BCUT2D eigenvalue weighted by atomic mass is 19.3. The number of nitrogens with zero attached hydrogens (tertiary/aromatic N) is 1. The van der Waals surface area contributed by atoms with Gasteiger partial charge in [0.15, 0.2) is 0 Å². The predicted octanol–water partition coefficient (Wildman–Crippen LogP) is 3.02. The highest BCUT2D eigenvalue weighted by Crippen LogP contribution is 2.25. The minimum absolute atomic E-state index is 0.0130. The lowest BCUT2D eigenvalue weighted by atomic mass is 9.90. The molecular weight excluding hydrogens is 292 g/mol. The Bertz CT molecular complexity index is 493. The SMILES string of the molecule is C[C@@H]1[C@H](C(=O)O)CCCN1Cc1ccc(OCC(F)F)cc1. The first-order valence-electron chi connectivity index (χ1n) is 7.44. The third-order valence-corrected chi connectivity index (χ3v) is 4.12. The third kappa shape index (κ3) is 4.40. The van der Waals surface area contributed by atoms with E-state index in [1.165, 1.54) is 0 Å². The number of hydrogen-bond donors (Lipinski definition) is 1. The summed E-state index contributed by atoms with van der Waals surface area (Å²) in [6, 6.07) is 6.98. The summed E-state index contributed by atoms with van der Waals surface area (Å²) in [7, 11) is 0. The fraction of sp³-hybridized carbons (Fsp3) is 0.562. The second-order valence-corrected chi connectivity index (χ2v) is 5.64. The van der Waals surface area contributed by atoms with Gasteiger partial charge in [-0.25, -0.2) is 8.78 Å². The van der Waals surface area contributed by atoms with E-state index in [-0.39, 0.29) is 12.0 Å². The van der Waals surface area contributed by atoms with Crippen LogP contribution in [-0.2, 0) is 11.3 Å². The molecule has 0 amide bonds. The normalized spacial score (nSPS) is 22.7. The Hall–Kier alpha value is -1.69. The van der Waals surface area contributed by atoms with Gasteiger partial charge in [-0.15, -0.1) is 0 Å². The molecule has 1 saturated heterocycles. The number of hydrogen-bond acceptors (Lipinski definition) is 3. The van der Waals surface area contributed by atoms with Crippen LogP contribution in [0.25, 0.3) is 0 Å². The molecule has 1 aromatic rings. The summed E-state index contributed by atoms with van der Waals surface area (Å²) < 4.78 is 29.1. The van der Waals surface area contributed by atoms with Gasteiger partial charge in [-0.3, -0.25) is 9.69 Å². The lowest BCUT2D eigenvalue weighted by molar-refractivity contribution is -0.145. The Kier molecular flexibility index (Phi) is 5.71. The van der Waals surface area contributed by atoms with Gasteiger partial charge in [-0.2, -0.15) is 0 Å². The van der Waals surface area contributed by atoms with Crippen LogP contribution < -0.4 is 4.74 Å². The van der Waals surface area contributed by atoms with Crippen LogP contribution in [0.1, 0.15) is 25.3 Å². The van der Waals surface area contributed by atoms with E-state index in [2.05, 4.69) is 4.90 Å². The summed E-state index contributed by atoms with van der Waals surface area (Å²) >= 11 is 0. The molecule has 1 aliphatic heterocycles. The fourth-order valence-corrected chi connectivity index (χ4v) is 2.85. The van der Waals surface area contributed by atoms with Gasteiger partial charge in [0.05, 0.1) is 5.92 Å². The maximum atomic E-state index is 12.1. The Morgan fingerprint density at radius 3 is 2.68 bits per heavy atom. The van der Waals surface area contributed by atoms with E-state index < -0.39 is 19.0 Å². The molecule has 2 atom stereocenters. The Morgan fingerprint density at radius 1 is 1.41 bits per heavy atom. The van der Waals surface area contributed by atoms with Crippen molar-refractivity contribution in [2.24, 2.45) is 5.92 Å². The summed E-state index contributed by atoms with van der Waals surface area (Å²) in [5.74, 6) is -0.658. The van der Waals surface area contributed by atoms with Crippen molar-refractivity contribution in [3.05, 3.63) is 29.8 Å². The van der Waals surface area contributed by atoms with Gasteiger partial charge in [0.25, 0.3) is 6.43 Å². The number of likely N-dealkylation sites (tertiary alicyclic amines) is 1. The Balaban J connectivity index is 1.94. The number of carboxylic acids is 1. The molecule has 1 N–H and O–H groups in total.